The fourth-order valence-corrected chi connectivity index (χ4v) is 3.91. The molecule has 1 aliphatic carbocycles. The molecule has 3 rings (SSSR count). The maximum atomic E-state index is 12.5. The maximum absolute atomic E-state index is 12.5. The van der Waals surface area contributed by atoms with E-state index in [-0.39, 0.29) is 11.8 Å². The van der Waals surface area contributed by atoms with E-state index < -0.39 is 0 Å². The SMILES string of the molecule is Cc1nc2c(s1)CC(C(=O)Nc1cccc(C)c1C)CC2. The van der Waals surface area contributed by atoms with Crippen molar-refractivity contribution >= 4 is 22.9 Å². The molecule has 4 heteroatoms. The molecular formula is C17H20N2OS. The van der Waals surface area contributed by atoms with Crippen molar-refractivity contribution in [1.29, 1.82) is 0 Å². The average molecular weight is 300 g/mol. The van der Waals surface area contributed by atoms with E-state index in [1.807, 2.05) is 19.1 Å². The molecule has 0 bridgehead atoms. The first-order valence-electron chi connectivity index (χ1n) is 7.37. The van der Waals surface area contributed by atoms with Crippen LogP contribution < -0.4 is 5.32 Å². The van der Waals surface area contributed by atoms with Gasteiger partial charge in [0, 0.05) is 16.5 Å². The van der Waals surface area contributed by atoms with Gasteiger partial charge in [0.15, 0.2) is 0 Å². The Morgan fingerprint density at radius 2 is 2.14 bits per heavy atom. The first kappa shape index (κ1) is 14.3. The van der Waals surface area contributed by atoms with Crippen LogP contribution in [0, 0.1) is 26.7 Å². The number of nitrogens with zero attached hydrogens (tertiary/aromatic N) is 1. The lowest BCUT2D eigenvalue weighted by Gasteiger charge is -2.21. The number of amides is 1. The number of aryl methyl sites for hydroxylation is 3. The van der Waals surface area contributed by atoms with Gasteiger partial charge in [-0.3, -0.25) is 4.79 Å². The summed E-state index contributed by atoms with van der Waals surface area (Å²) in [4.78, 5) is 18.4. The number of hydrogen-bond acceptors (Lipinski definition) is 3. The van der Waals surface area contributed by atoms with Crippen LogP contribution in [-0.4, -0.2) is 10.9 Å². The van der Waals surface area contributed by atoms with Crippen LogP contribution in [0.4, 0.5) is 5.69 Å². The van der Waals surface area contributed by atoms with Crippen LogP contribution >= 0.6 is 11.3 Å². The molecule has 1 aromatic heterocycles. The number of rotatable bonds is 2. The summed E-state index contributed by atoms with van der Waals surface area (Å²) in [6.07, 6.45) is 2.65. The number of aromatic nitrogens is 1. The van der Waals surface area contributed by atoms with E-state index >= 15 is 0 Å². The molecule has 1 amide bonds. The van der Waals surface area contributed by atoms with E-state index in [1.165, 1.54) is 16.1 Å². The lowest BCUT2D eigenvalue weighted by molar-refractivity contribution is -0.120. The van der Waals surface area contributed by atoms with E-state index in [0.717, 1.165) is 35.5 Å². The molecule has 1 unspecified atom stereocenters. The average Bonchev–Trinajstić information content (AvgIpc) is 2.82. The first-order chi connectivity index (χ1) is 10.0. The van der Waals surface area contributed by atoms with Gasteiger partial charge < -0.3 is 5.32 Å². The number of anilines is 1. The van der Waals surface area contributed by atoms with Crippen LogP contribution in [0.25, 0.3) is 0 Å². The van der Waals surface area contributed by atoms with Gasteiger partial charge in [-0.05, 0) is 57.2 Å². The molecular weight excluding hydrogens is 280 g/mol. The van der Waals surface area contributed by atoms with E-state index in [4.69, 9.17) is 0 Å². The van der Waals surface area contributed by atoms with Crippen molar-refractivity contribution in [3.63, 3.8) is 0 Å². The largest absolute Gasteiger partial charge is 0.326 e. The zero-order valence-corrected chi connectivity index (χ0v) is 13.5. The summed E-state index contributed by atoms with van der Waals surface area (Å²) in [5.41, 5.74) is 4.49. The minimum Gasteiger partial charge on any atom is -0.326 e. The quantitative estimate of drug-likeness (QED) is 0.916. The molecule has 1 atom stereocenters. The number of nitrogens with one attached hydrogen (secondary N) is 1. The Labute approximate surface area is 129 Å². The monoisotopic (exact) mass is 300 g/mol. The Morgan fingerprint density at radius 3 is 2.95 bits per heavy atom. The molecule has 21 heavy (non-hydrogen) atoms. The molecule has 0 spiro atoms. The summed E-state index contributed by atoms with van der Waals surface area (Å²) < 4.78 is 0. The molecule has 2 aromatic rings. The third-order valence-corrected chi connectivity index (χ3v) is 5.32. The molecule has 1 aliphatic rings. The van der Waals surface area contributed by atoms with E-state index in [0.29, 0.717) is 0 Å². The highest BCUT2D eigenvalue weighted by atomic mass is 32.1. The molecule has 110 valence electrons. The van der Waals surface area contributed by atoms with Gasteiger partial charge in [-0.25, -0.2) is 4.98 Å². The normalized spacial score (nSPS) is 17.4. The van der Waals surface area contributed by atoms with Gasteiger partial charge in [-0.1, -0.05) is 12.1 Å². The van der Waals surface area contributed by atoms with Crippen molar-refractivity contribution in [2.24, 2.45) is 5.92 Å². The van der Waals surface area contributed by atoms with Crippen LogP contribution in [0.5, 0.6) is 0 Å². The molecule has 1 aromatic carbocycles. The highest BCUT2D eigenvalue weighted by molar-refractivity contribution is 7.11. The summed E-state index contributed by atoms with van der Waals surface area (Å²) in [6.45, 7) is 6.16. The lowest BCUT2D eigenvalue weighted by Crippen LogP contribution is -2.28. The summed E-state index contributed by atoms with van der Waals surface area (Å²) in [5.74, 6) is 0.206. The lowest BCUT2D eigenvalue weighted by atomic mass is 9.90. The van der Waals surface area contributed by atoms with Crippen molar-refractivity contribution in [3.05, 3.63) is 44.9 Å². The van der Waals surface area contributed by atoms with Gasteiger partial charge in [-0.2, -0.15) is 0 Å². The highest BCUT2D eigenvalue weighted by Crippen LogP contribution is 2.30. The van der Waals surface area contributed by atoms with Crippen molar-refractivity contribution in [3.8, 4) is 0 Å². The fourth-order valence-electron chi connectivity index (χ4n) is 2.85. The minimum atomic E-state index is 0.0669. The van der Waals surface area contributed by atoms with Gasteiger partial charge in [0.2, 0.25) is 5.91 Å². The summed E-state index contributed by atoms with van der Waals surface area (Å²) >= 11 is 1.73. The minimum absolute atomic E-state index is 0.0669. The van der Waals surface area contributed by atoms with Crippen LogP contribution in [-0.2, 0) is 17.6 Å². The van der Waals surface area contributed by atoms with Gasteiger partial charge in [-0.15, -0.1) is 11.3 Å². The van der Waals surface area contributed by atoms with Crippen molar-refractivity contribution < 1.29 is 4.79 Å². The highest BCUT2D eigenvalue weighted by Gasteiger charge is 2.27. The van der Waals surface area contributed by atoms with Crippen molar-refractivity contribution in [2.75, 3.05) is 5.32 Å². The van der Waals surface area contributed by atoms with Crippen LogP contribution in [0.3, 0.4) is 0 Å². The van der Waals surface area contributed by atoms with E-state index in [9.17, 15) is 4.79 Å². The molecule has 0 radical (unpaired) electrons. The fraction of sp³-hybridized carbons (Fsp3) is 0.412. The standard InChI is InChI=1S/C17H20N2OS/c1-10-5-4-6-14(11(10)2)19-17(20)13-7-8-15-16(9-13)21-12(3)18-15/h4-6,13H,7-9H2,1-3H3,(H,19,20). The second kappa shape index (κ2) is 5.60. The summed E-state index contributed by atoms with van der Waals surface area (Å²) in [5, 5.41) is 4.21. The number of fused-ring (bicyclic) bond motifs is 1. The van der Waals surface area contributed by atoms with E-state index in [1.54, 1.807) is 11.3 Å². The Bertz CT molecular complexity index is 690. The Hall–Kier alpha value is -1.68. The third kappa shape index (κ3) is 2.86. The van der Waals surface area contributed by atoms with Crippen LogP contribution in [0.2, 0.25) is 0 Å². The van der Waals surface area contributed by atoms with Crippen LogP contribution in [0.1, 0.15) is 33.1 Å². The Balaban J connectivity index is 1.73. The van der Waals surface area contributed by atoms with Gasteiger partial charge >= 0.3 is 0 Å². The summed E-state index contributed by atoms with van der Waals surface area (Å²) in [7, 11) is 0. The number of thiazole rings is 1. The molecule has 1 heterocycles. The smallest absolute Gasteiger partial charge is 0.227 e. The van der Waals surface area contributed by atoms with Gasteiger partial charge in [0.05, 0.1) is 10.7 Å². The Kier molecular flexibility index (Phi) is 3.81. The molecule has 0 saturated carbocycles. The number of hydrogen-bond donors (Lipinski definition) is 1. The molecule has 3 nitrogen and oxygen atoms in total. The predicted octanol–water partition coefficient (Wildman–Crippen LogP) is 3.81. The number of benzene rings is 1. The Morgan fingerprint density at radius 1 is 1.33 bits per heavy atom. The van der Waals surface area contributed by atoms with Gasteiger partial charge in [0.1, 0.15) is 0 Å². The molecule has 0 saturated heterocycles. The summed E-state index contributed by atoms with van der Waals surface area (Å²) in [6, 6.07) is 6.03. The zero-order chi connectivity index (χ0) is 15.0. The predicted molar refractivity (Wildman–Crippen MR) is 86.9 cm³/mol. The van der Waals surface area contributed by atoms with Crippen molar-refractivity contribution in [1.82, 2.24) is 4.98 Å². The molecule has 1 N–H and O–H groups in total. The van der Waals surface area contributed by atoms with Crippen molar-refractivity contribution in [2.45, 2.75) is 40.0 Å². The van der Waals surface area contributed by atoms with Crippen LogP contribution in [0.15, 0.2) is 18.2 Å². The number of carbonyl (C=O) groups is 1. The second-order valence-electron chi connectivity index (χ2n) is 5.78. The third-order valence-electron chi connectivity index (χ3n) is 4.28. The topological polar surface area (TPSA) is 42.0 Å². The maximum Gasteiger partial charge on any atom is 0.227 e. The number of carbonyl (C=O) groups excluding carboxylic acids is 1. The molecule has 0 aliphatic heterocycles. The van der Waals surface area contributed by atoms with E-state index in [2.05, 4.69) is 30.2 Å². The molecule has 0 fully saturated rings. The first-order valence-corrected chi connectivity index (χ1v) is 8.18. The van der Waals surface area contributed by atoms with Gasteiger partial charge in [0.25, 0.3) is 0 Å². The zero-order valence-electron chi connectivity index (χ0n) is 12.7. The second-order valence-corrected chi connectivity index (χ2v) is 7.07.